The van der Waals surface area contributed by atoms with Crippen LogP contribution in [0.3, 0.4) is 0 Å². The number of carbonyl (C=O) groups is 2. The fourth-order valence-electron chi connectivity index (χ4n) is 4.95. The molecule has 0 bridgehead atoms. The van der Waals surface area contributed by atoms with Crippen molar-refractivity contribution in [3.63, 3.8) is 0 Å². The van der Waals surface area contributed by atoms with Gasteiger partial charge in [-0.3, -0.25) is 9.59 Å². The maximum Gasteiger partial charge on any atom is 0.305 e. The number of rotatable bonds is 32. The van der Waals surface area contributed by atoms with Crippen LogP contribution in [0.1, 0.15) is 155 Å². The summed E-state index contributed by atoms with van der Waals surface area (Å²) in [7, 11) is 1.85. The second kappa shape index (κ2) is 46.9. The van der Waals surface area contributed by atoms with E-state index in [4.69, 9.17) is 9.47 Å². The van der Waals surface area contributed by atoms with Crippen molar-refractivity contribution in [2.24, 2.45) is 0 Å². The average molecular weight is 877 g/mol. The molecule has 0 aromatic carbocycles. The van der Waals surface area contributed by atoms with Gasteiger partial charge in [0.25, 0.3) is 0 Å². The Hall–Kier alpha value is -0.272. The van der Waals surface area contributed by atoms with E-state index >= 15 is 0 Å². The van der Waals surface area contributed by atoms with Gasteiger partial charge in [-0.25, -0.2) is 0 Å². The molecule has 0 aromatic heterocycles. The van der Waals surface area contributed by atoms with Gasteiger partial charge in [0.15, 0.2) is 0 Å². The molecule has 0 amide bonds. The third kappa shape index (κ3) is 44.1. The number of allylic oxidation sites excluding steroid dienone is 10. The van der Waals surface area contributed by atoms with E-state index in [1.165, 1.54) is 44.9 Å². The molecular formula is C43H74N2O5Y2-2. The topological polar surface area (TPSA) is 101 Å². The Labute approximate surface area is 370 Å². The third-order valence-corrected chi connectivity index (χ3v) is 8.28. The van der Waals surface area contributed by atoms with Gasteiger partial charge in [0, 0.05) is 78.3 Å². The van der Waals surface area contributed by atoms with Gasteiger partial charge < -0.3 is 25.2 Å². The molecule has 1 aliphatic heterocycles. The fourth-order valence-corrected chi connectivity index (χ4v) is 4.95. The van der Waals surface area contributed by atoms with E-state index in [-0.39, 0.29) is 90.6 Å². The maximum atomic E-state index is 11.9. The van der Waals surface area contributed by atoms with Crippen molar-refractivity contribution in [2.45, 2.75) is 167 Å². The van der Waals surface area contributed by atoms with Crippen molar-refractivity contribution in [3.05, 3.63) is 71.4 Å². The predicted molar refractivity (Wildman–Crippen MR) is 213 cm³/mol. The Morgan fingerprint density at radius 2 is 1.00 bits per heavy atom. The van der Waals surface area contributed by atoms with Crippen molar-refractivity contribution in [1.29, 1.82) is 0 Å². The van der Waals surface area contributed by atoms with E-state index in [1.54, 1.807) is 0 Å². The number of likely N-dealkylation sites (N-methyl/N-ethyl adjacent to an activating group) is 1. The molecule has 2 radical (unpaired) electrons. The van der Waals surface area contributed by atoms with Crippen LogP contribution < -0.4 is 0 Å². The molecule has 1 aliphatic rings. The molecule has 0 aliphatic carbocycles. The SMILES string of the molecule is CC/C=C\C/C=C\C/C=C\CCCCCCCC(=O)OCC(O)COC(=O)CCCCCCC/C=C\C/C=C\CCCCC.C[N-]C1C[N-]C1.[Y].[Y]. The van der Waals surface area contributed by atoms with E-state index in [0.717, 1.165) is 96.6 Å². The van der Waals surface area contributed by atoms with Crippen LogP contribution >= 0.6 is 0 Å². The predicted octanol–water partition coefficient (Wildman–Crippen LogP) is 11.6. The van der Waals surface area contributed by atoms with Crippen LogP contribution in [-0.4, -0.2) is 62.5 Å². The first kappa shape index (κ1) is 56.1. The minimum absolute atomic E-state index is 0. The molecule has 1 heterocycles. The van der Waals surface area contributed by atoms with Gasteiger partial charge in [0.05, 0.1) is 0 Å². The van der Waals surface area contributed by atoms with Crippen LogP contribution in [0.4, 0.5) is 0 Å². The van der Waals surface area contributed by atoms with E-state index in [2.05, 4.69) is 85.2 Å². The van der Waals surface area contributed by atoms with Gasteiger partial charge in [-0.2, -0.15) is 26.2 Å². The van der Waals surface area contributed by atoms with E-state index < -0.39 is 6.10 Å². The van der Waals surface area contributed by atoms with Gasteiger partial charge in [0.2, 0.25) is 0 Å². The molecule has 1 unspecified atom stereocenters. The molecule has 1 rings (SSSR count). The standard InChI is InChI=1S/C39H66O5.C4H8N2.2Y/c1-3-5-7-9-11-13-15-17-19-21-23-25-27-29-31-33-38(41)43-35-37(40)36-44-39(42)34-32-30-28-26-24-22-20-18-16-14-12-10-8-6-4-2;1-5-4-2-6-3-4;;/h5,7,11-14,17-20,37,40H,3-4,6,8-10,15-16,21-36H2,1-2H3;4H,2-3H2,1H3;;/q;-2;;/b7-5-,13-11-,14-12-,19-17-,20-18-;;;. The summed E-state index contributed by atoms with van der Waals surface area (Å²) >= 11 is 0. The second-order valence-electron chi connectivity index (χ2n) is 13.1. The molecule has 294 valence electrons. The molecule has 0 spiro atoms. The average Bonchev–Trinajstić information content (AvgIpc) is 3.09. The number of aliphatic hydroxyl groups excluding tert-OH is 1. The summed E-state index contributed by atoms with van der Waals surface area (Å²) in [6.07, 6.45) is 44.1. The first-order valence-electron chi connectivity index (χ1n) is 20.0. The molecule has 9 heteroatoms. The van der Waals surface area contributed by atoms with Gasteiger partial charge in [-0.05, 0) is 77.0 Å². The molecule has 1 N–H and O–H groups in total. The molecule has 1 saturated heterocycles. The van der Waals surface area contributed by atoms with Gasteiger partial charge in [-0.15, -0.1) is 0 Å². The number of ether oxygens (including phenoxy) is 2. The van der Waals surface area contributed by atoms with Crippen LogP contribution in [-0.2, 0) is 84.5 Å². The Kier molecular flexibility index (Phi) is 50.5. The minimum atomic E-state index is -0.978. The van der Waals surface area contributed by atoms with Crippen molar-refractivity contribution in [1.82, 2.24) is 0 Å². The number of aliphatic hydroxyl groups is 1. The Balaban J connectivity index is -0.00000270. The van der Waals surface area contributed by atoms with E-state index in [0.29, 0.717) is 18.9 Å². The second-order valence-corrected chi connectivity index (χ2v) is 13.1. The molecule has 7 nitrogen and oxygen atoms in total. The summed E-state index contributed by atoms with van der Waals surface area (Å²) in [6.45, 7) is 6.05. The molecule has 1 atom stereocenters. The first-order valence-corrected chi connectivity index (χ1v) is 20.0. The zero-order valence-electron chi connectivity index (χ0n) is 33.4. The van der Waals surface area contributed by atoms with Crippen LogP contribution in [0.5, 0.6) is 0 Å². The smallest absolute Gasteiger partial charge is 0.305 e. The summed E-state index contributed by atoms with van der Waals surface area (Å²) in [5, 5.41) is 18.0. The number of hydrogen-bond donors (Lipinski definition) is 1. The number of carbonyl (C=O) groups excluding carboxylic acids is 2. The van der Waals surface area contributed by atoms with Crippen LogP contribution in [0.2, 0.25) is 0 Å². The zero-order valence-corrected chi connectivity index (χ0v) is 39.1. The quantitative estimate of drug-likeness (QED) is 0.0412. The number of hydrogen-bond acceptors (Lipinski definition) is 5. The third-order valence-electron chi connectivity index (χ3n) is 8.28. The molecule has 52 heavy (non-hydrogen) atoms. The fraction of sp³-hybridized carbons (Fsp3) is 0.721. The molecular weight excluding hydrogens is 802 g/mol. The van der Waals surface area contributed by atoms with Gasteiger partial charge in [0.1, 0.15) is 19.3 Å². The molecule has 0 saturated carbocycles. The van der Waals surface area contributed by atoms with Crippen molar-refractivity contribution in [3.8, 4) is 0 Å². The molecule has 1 fully saturated rings. The van der Waals surface area contributed by atoms with Crippen molar-refractivity contribution >= 4 is 11.9 Å². The normalized spacial score (nSPS) is 13.6. The zero-order chi connectivity index (χ0) is 36.6. The molecule has 0 aromatic rings. The van der Waals surface area contributed by atoms with Crippen LogP contribution in [0, 0.1) is 0 Å². The summed E-state index contributed by atoms with van der Waals surface area (Å²) in [4.78, 5) is 23.8. The van der Waals surface area contributed by atoms with Crippen LogP contribution in [0.25, 0.3) is 10.6 Å². The van der Waals surface area contributed by atoms with E-state index in [9.17, 15) is 14.7 Å². The summed E-state index contributed by atoms with van der Waals surface area (Å²) < 4.78 is 10.3. The first-order chi connectivity index (χ1) is 24.5. The summed E-state index contributed by atoms with van der Waals surface area (Å²) in [5.74, 6) is -0.606. The van der Waals surface area contributed by atoms with Crippen LogP contribution in [0.15, 0.2) is 60.8 Å². The van der Waals surface area contributed by atoms with Crippen molar-refractivity contribution < 1.29 is 89.6 Å². The van der Waals surface area contributed by atoms with Crippen molar-refractivity contribution in [2.75, 3.05) is 33.4 Å². The minimum Gasteiger partial charge on any atom is -0.665 e. The van der Waals surface area contributed by atoms with Gasteiger partial charge >= 0.3 is 11.9 Å². The summed E-state index contributed by atoms with van der Waals surface area (Å²) in [6, 6.07) is 0.574. The van der Waals surface area contributed by atoms with Gasteiger partial charge in [-0.1, -0.05) is 126 Å². The Morgan fingerprint density at radius 1 is 0.615 bits per heavy atom. The Morgan fingerprint density at radius 3 is 1.37 bits per heavy atom. The number of unbranched alkanes of at least 4 members (excludes halogenated alkanes) is 13. The van der Waals surface area contributed by atoms with E-state index in [1.807, 2.05) is 7.05 Å². The largest absolute Gasteiger partial charge is 0.665 e. The summed E-state index contributed by atoms with van der Waals surface area (Å²) in [5.41, 5.74) is 0. The number of nitrogens with zero attached hydrogens (tertiary/aromatic N) is 2. The maximum absolute atomic E-state index is 11.9. The Bertz CT molecular complexity index is 916. The number of esters is 2. The monoisotopic (exact) mass is 876 g/mol.